The molecule has 1 saturated carbocycles. The molecule has 0 spiro atoms. The highest BCUT2D eigenvalue weighted by Gasteiger charge is 2.27. The first kappa shape index (κ1) is 11.8. The molecule has 0 aliphatic heterocycles. The van der Waals surface area contributed by atoms with Gasteiger partial charge < -0.3 is 10.1 Å². The van der Waals surface area contributed by atoms with E-state index >= 15 is 0 Å². The molecule has 1 N–H and O–H groups in total. The van der Waals surface area contributed by atoms with Crippen molar-refractivity contribution in [3.05, 3.63) is 0 Å². The molecule has 1 aliphatic carbocycles. The van der Waals surface area contributed by atoms with Crippen molar-refractivity contribution in [1.29, 1.82) is 0 Å². The van der Waals surface area contributed by atoms with E-state index in [1.807, 2.05) is 20.8 Å². The van der Waals surface area contributed by atoms with E-state index in [-0.39, 0.29) is 12.1 Å². The number of hydrogen-bond donors (Lipinski definition) is 1. The molecule has 2 atom stereocenters. The number of ether oxygens (including phenoxy) is 1. The van der Waals surface area contributed by atoms with E-state index < -0.39 is 5.60 Å². The first-order valence-corrected chi connectivity index (χ1v) is 5.93. The van der Waals surface area contributed by atoms with Crippen molar-refractivity contribution in [2.24, 2.45) is 0 Å². The molecule has 3 nitrogen and oxygen atoms in total. The molecule has 0 radical (unpaired) electrons. The van der Waals surface area contributed by atoms with Gasteiger partial charge >= 0.3 is 6.09 Å². The Balaban J connectivity index is 2.33. The van der Waals surface area contributed by atoms with Crippen LogP contribution in [0.15, 0.2) is 0 Å². The van der Waals surface area contributed by atoms with Gasteiger partial charge in [-0.25, -0.2) is 4.79 Å². The lowest BCUT2D eigenvalue weighted by Crippen LogP contribution is -2.41. The van der Waals surface area contributed by atoms with Gasteiger partial charge in [0.05, 0.1) is 0 Å². The summed E-state index contributed by atoms with van der Waals surface area (Å²) in [5.74, 6) is 0. The van der Waals surface area contributed by atoms with Crippen LogP contribution in [0.25, 0.3) is 0 Å². The zero-order valence-corrected chi connectivity index (χ0v) is 10.6. The predicted molar refractivity (Wildman–Crippen MR) is 59.7 cm³/mol. The maximum atomic E-state index is 11.4. The lowest BCUT2D eigenvalue weighted by molar-refractivity contribution is 0.0507. The number of carbonyl (C=O) groups is 1. The van der Waals surface area contributed by atoms with Crippen molar-refractivity contribution in [2.45, 2.75) is 56.5 Å². The average Bonchev–Trinajstić information content (AvgIpc) is 2.32. The zero-order valence-electron chi connectivity index (χ0n) is 8.97. The maximum absolute atomic E-state index is 11.4. The summed E-state index contributed by atoms with van der Waals surface area (Å²) in [6.07, 6.45) is 3.01. The minimum atomic E-state index is -0.412. The molecule has 0 heterocycles. The minimum absolute atomic E-state index is 0.227. The first-order chi connectivity index (χ1) is 6.38. The largest absolute Gasteiger partial charge is 0.444 e. The molecule has 0 saturated heterocycles. The van der Waals surface area contributed by atoms with Crippen molar-refractivity contribution in [3.8, 4) is 0 Å². The summed E-state index contributed by atoms with van der Waals surface area (Å²) in [4.78, 5) is 11.8. The third-order valence-corrected chi connectivity index (χ3v) is 3.23. The fourth-order valence-electron chi connectivity index (χ4n) is 1.54. The topological polar surface area (TPSA) is 38.3 Å². The number of rotatable bonds is 1. The second-order valence-electron chi connectivity index (χ2n) is 4.70. The van der Waals surface area contributed by atoms with Crippen LogP contribution in [0, 0.1) is 0 Å². The zero-order chi connectivity index (χ0) is 10.8. The van der Waals surface area contributed by atoms with E-state index in [9.17, 15) is 4.79 Å². The summed E-state index contributed by atoms with van der Waals surface area (Å²) < 4.78 is 5.18. The molecule has 0 aromatic heterocycles. The van der Waals surface area contributed by atoms with Gasteiger partial charge in [-0.2, -0.15) is 0 Å². The summed E-state index contributed by atoms with van der Waals surface area (Å²) in [7, 11) is 0. The van der Waals surface area contributed by atoms with Gasteiger partial charge in [-0.05, 0) is 33.6 Å². The summed E-state index contributed by atoms with van der Waals surface area (Å²) in [6.45, 7) is 5.60. The van der Waals surface area contributed by atoms with Gasteiger partial charge in [-0.1, -0.05) is 22.4 Å². The number of alkyl halides is 1. The SMILES string of the molecule is CC(C)(C)OC(=O)NC1CCCC1Br. The highest BCUT2D eigenvalue weighted by Crippen LogP contribution is 2.25. The molecule has 0 aromatic rings. The Morgan fingerprint density at radius 2 is 2.07 bits per heavy atom. The molecule has 1 fully saturated rings. The minimum Gasteiger partial charge on any atom is -0.444 e. The Kier molecular flexibility index (Phi) is 3.81. The van der Waals surface area contributed by atoms with Crippen molar-refractivity contribution in [1.82, 2.24) is 5.32 Å². The highest BCUT2D eigenvalue weighted by atomic mass is 79.9. The van der Waals surface area contributed by atoms with E-state index in [2.05, 4.69) is 21.2 Å². The fraction of sp³-hybridized carbons (Fsp3) is 0.900. The number of carbonyl (C=O) groups excluding carboxylic acids is 1. The molecular weight excluding hydrogens is 246 g/mol. The second kappa shape index (κ2) is 4.51. The molecular formula is C10H18BrNO2. The van der Waals surface area contributed by atoms with Gasteiger partial charge in [0.2, 0.25) is 0 Å². The van der Waals surface area contributed by atoms with Crippen LogP contribution in [0.2, 0.25) is 0 Å². The standard InChI is InChI=1S/C10H18BrNO2/c1-10(2,3)14-9(13)12-8-6-4-5-7(8)11/h7-8H,4-6H2,1-3H3,(H,12,13). The molecule has 4 heteroatoms. The maximum Gasteiger partial charge on any atom is 0.407 e. The van der Waals surface area contributed by atoms with Crippen LogP contribution in [-0.2, 0) is 4.74 Å². The summed E-state index contributed by atoms with van der Waals surface area (Å²) >= 11 is 3.54. The van der Waals surface area contributed by atoms with Crippen LogP contribution >= 0.6 is 15.9 Å². The number of alkyl carbamates (subject to hydrolysis) is 1. The van der Waals surface area contributed by atoms with Gasteiger partial charge in [0.15, 0.2) is 0 Å². The average molecular weight is 264 g/mol. The van der Waals surface area contributed by atoms with Gasteiger partial charge in [-0.3, -0.25) is 0 Å². The van der Waals surface area contributed by atoms with Crippen molar-refractivity contribution >= 4 is 22.0 Å². The van der Waals surface area contributed by atoms with Crippen LogP contribution in [-0.4, -0.2) is 22.6 Å². The summed E-state index contributed by atoms with van der Waals surface area (Å²) in [6, 6.07) is 0.227. The molecule has 0 aromatic carbocycles. The Morgan fingerprint density at radius 1 is 1.43 bits per heavy atom. The van der Waals surface area contributed by atoms with Crippen molar-refractivity contribution in [3.63, 3.8) is 0 Å². The fourth-order valence-corrected chi connectivity index (χ4v) is 2.26. The third-order valence-electron chi connectivity index (χ3n) is 2.13. The van der Waals surface area contributed by atoms with Gasteiger partial charge in [-0.15, -0.1) is 0 Å². The number of halogens is 1. The van der Waals surface area contributed by atoms with Crippen molar-refractivity contribution < 1.29 is 9.53 Å². The molecule has 2 unspecified atom stereocenters. The monoisotopic (exact) mass is 263 g/mol. The van der Waals surface area contributed by atoms with Gasteiger partial charge in [0.25, 0.3) is 0 Å². The van der Waals surface area contributed by atoms with Crippen molar-refractivity contribution in [2.75, 3.05) is 0 Å². The van der Waals surface area contributed by atoms with Crippen LogP contribution < -0.4 is 5.32 Å². The van der Waals surface area contributed by atoms with Gasteiger partial charge in [0.1, 0.15) is 5.60 Å². The number of nitrogens with one attached hydrogen (secondary N) is 1. The first-order valence-electron chi connectivity index (χ1n) is 5.02. The van der Waals surface area contributed by atoms with Crippen LogP contribution in [0.3, 0.4) is 0 Å². The molecule has 14 heavy (non-hydrogen) atoms. The Hall–Kier alpha value is -0.250. The molecule has 82 valence electrons. The molecule has 1 aliphatic rings. The number of amides is 1. The lowest BCUT2D eigenvalue weighted by Gasteiger charge is -2.22. The smallest absolute Gasteiger partial charge is 0.407 e. The third kappa shape index (κ3) is 3.86. The Bertz CT molecular complexity index is 213. The molecule has 1 amide bonds. The van der Waals surface area contributed by atoms with Crippen LogP contribution in [0.4, 0.5) is 4.79 Å². The van der Waals surface area contributed by atoms with E-state index in [4.69, 9.17) is 4.74 Å². The summed E-state index contributed by atoms with van der Waals surface area (Å²) in [5, 5.41) is 2.88. The van der Waals surface area contributed by atoms with Crippen LogP contribution in [0.5, 0.6) is 0 Å². The predicted octanol–water partition coefficient (Wildman–Crippen LogP) is 2.83. The van der Waals surface area contributed by atoms with E-state index in [1.165, 1.54) is 0 Å². The Morgan fingerprint density at radius 3 is 2.50 bits per heavy atom. The summed E-state index contributed by atoms with van der Waals surface area (Å²) in [5.41, 5.74) is -0.412. The quantitative estimate of drug-likeness (QED) is 0.739. The van der Waals surface area contributed by atoms with E-state index in [0.29, 0.717) is 4.83 Å². The molecule has 0 bridgehead atoms. The van der Waals surface area contributed by atoms with E-state index in [1.54, 1.807) is 0 Å². The molecule has 1 rings (SSSR count). The second-order valence-corrected chi connectivity index (χ2v) is 5.88. The van der Waals surface area contributed by atoms with E-state index in [0.717, 1.165) is 19.3 Å². The number of hydrogen-bond acceptors (Lipinski definition) is 2. The lowest BCUT2D eigenvalue weighted by atomic mass is 10.2. The van der Waals surface area contributed by atoms with Gasteiger partial charge in [0, 0.05) is 10.9 Å². The highest BCUT2D eigenvalue weighted by molar-refractivity contribution is 9.09. The normalized spacial score (nSPS) is 27.4. The van der Waals surface area contributed by atoms with Crippen LogP contribution in [0.1, 0.15) is 40.0 Å². The Labute approximate surface area is 93.7 Å².